The first-order valence-electron chi connectivity index (χ1n) is 3.43. The van der Waals surface area contributed by atoms with Gasteiger partial charge in [0.15, 0.2) is 5.82 Å². The first-order chi connectivity index (χ1) is 5.79. The smallest absolute Gasteiger partial charge is 0.153 e. The van der Waals surface area contributed by atoms with E-state index in [9.17, 15) is 0 Å². The summed E-state index contributed by atoms with van der Waals surface area (Å²) in [4.78, 5) is 0.966. The van der Waals surface area contributed by atoms with E-state index in [0.29, 0.717) is 12.4 Å². The second-order valence-electron chi connectivity index (χ2n) is 2.08. The van der Waals surface area contributed by atoms with Crippen molar-refractivity contribution in [3.05, 3.63) is 0 Å². The Bertz CT molecular complexity index is 251. The molecule has 0 aliphatic heterocycles. The summed E-state index contributed by atoms with van der Waals surface area (Å²) >= 11 is 2.88. The molecule has 1 aromatic heterocycles. The van der Waals surface area contributed by atoms with Crippen LogP contribution in [0.4, 0.5) is 10.8 Å². The van der Waals surface area contributed by atoms with Crippen LogP contribution in [0.25, 0.3) is 0 Å². The van der Waals surface area contributed by atoms with Crippen LogP contribution in [0.15, 0.2) is 4.90 Å². The predicted molar refractivity (Wildman–Crippen MR) is 53.9 cm³/mol. The van der Waals surface area contributed by atoms with Crippen molar-refractivity contribution < 1.29 is 5.11 Å². The van der Waals surface area contributed by atoms with Gasteiger partial charge in [-0.3, -0.25) is 0 Å². The van der Waals surface area contributed by atoms with Crippen LogP contribution >= 0.6 is 23.3 Å². The van der Waals surface area contributed by atoms with Gasteiger partial charge in [-0.25, -0.2) is 0 Å². The summed E-state index contributed by atoms with van der Waals surface area (Å²) in [6, 6.07) is 0. The zero-order valence-electron chi connectivity index (χ0n) is 6.70. The van der Waals surface area contributed by atoms with E-state index in [0.717, 1.165) is 9.90 Å². The summed E-state index contributed by atoms with van der Waals surface area (Å²) in [6.07, 6.45) is 1.95. The van der Waals surface area contributed by atoms with Crippen molar-refractivity contribution in [3.63, 3.8) is 0 Å². The Kier molecular flexibility index (Phi) is 3.64. The lowest BCUT2D eigenvalue weighted by Gasteiger charge is -2.01. The first-order valence-corrected chi connectivity index (χ1v) is 5.43. The number of hydrogen-bond acceptors (Lipinski definition) is 6. The Morgan fingerprint density at radius 2 is 2.50 bits per heavy atom. The highest BCUT2D eigenvalue weighted by molar-refractivity contribution is 7.99. The zero-order valence-corrected chi connectivity index (χ0v) is 8.34. The van der Waals surface area contributed by atoms with Crippen molar-refractivity contribution in [1.82, 2.24) is 4.37 Å². The van der Waals surface area contributed by atoms with Crippen molar-refractivity contribution in [1.29, 1.82) is 0 Å². The number of nitrogens with one attached hydrogen (secondary N) is 1. The van der Waals surface area contributed by atoms with E-state index in [1.54, 1.807) is 11.8 Å². The lowest BCUT2D eigenvalue weighted by atomic mass is 10.6. The highest BCUT2D eigenvalue weighted by atomic mass is 32.2. The van der Waals surface area contributed by atoms with Crippen LogP contribution in [-0.2, 0) is 0 Å². The van der Waals surface area contributed by atoms with E-state index in [2.05, 4.69) is 9.69 Å². The molecular formula is C6H11N3OS2. The van der Waals surface area contributed by atoms with Crippen molar-refractivity contribution in [3.8, 4) is 0 Å². The van der Waals surface area contributed by atoms with E-state index in [4.69, 9.17) is 10.8 Å². The monoisotopic (exact) mass is 205 g/mol. The van der Waals surface area contributed by atoms with Gasteiger partial charge in [-0.15, -0.1) is 11.8 Å². The summed E-state index contributed by atoms with van der Waals surface area (Å²) < 4.78 is 3.99. The third kappa shape index (κ3) is 2.02. The maximum atomic E-state index is 8.58. The lowest BCUT2D eigenvalue weighted by molar-refractivity contribution is 0.311. The normalized spacial score (nSPS) is 10.2. The summed E-state index contributed by atoms with van der Waals surface area (Å²) in [5.41, 5.74) is 5.60. The van der Waals surface area contributed by atoms with Crippen LogP contribution < -0.4 is 11.1 Å². The number of aliphatic hydroxyl groups is 1. The molecule has 1 rings (SSSR count). The molecule has 0 unspecified atom stereocenters. The largest absolute Gasteiger partial charge is 0.395 e. The fourth-order valence-electron chi connectivity index (χ4n) is 0.773. The van der Waals surface area contributed by atoms with E-state index < -0.39 is 0 Å². The standard InChI is InChI=1S/C6H11N3OS2/c1-11-4-5(7)9-12-6(4)8-2-3-10/h8,10H,2-3H2,1H3,(H2,7,9). The number of thioether (sulfide) groups is 1. The molecule has 4 N–H and O–H groups in total. The minimum absolute atomic E-state index is 0.117. The molecule has 0 amide bonds. The van der Waals surface area contributed by atoms with Crippen molar-refractivity contribution in [2.24, 2.45) is 0 Å². The number of aliphatic hydroxyl groups excluding tert-OH is 1. The number of rotatable bonds is 4. The molecule has 0 saturated carbocycles. The molecule has 0 atom stereocenters. The van der Waals surface area contributed by atoms with Gasteiger partial charge in [-0.1, -0.05) is 0 Å². The fourth-order valence-corrected chi connectivity index (χ4v) is 2.34. The van der Waals surface area contributed by atoms with Gasteiger partial charge in [0, 0.05) is 6.54 Å². The number of hydrogen-bond donors (Lipinski definition) is 3. The molecule has 0 fully saturated rings. The second-order valence-corrected chi connectivity index (χ2v) is 3.67. The highest BCUT2D eigenvalue weighted by Crippen LogP contribution is 2.34. The number of nitrogens with two attached hydrogens (primary N) is 1. The quantitative estimate of drug-likeness (QED) is 0.636. The average Bonchev–Trinajstić information content (AvgIpc) is 2.43. The van der Waals surface area contributed by atoms with Gasteiger partial charge in [-0.05, 0) is 17.8 Å². The maximum absolute atomic E-state index is 8.58. The Hall–Kier alpha value is -0.460. The van der Waals surface area contributed by atoms with E-state index in [-0.39, 0.29) is 6.61 Å². The molecule has 0 spiro atoms. The minimum Gasteiger partial charge on any atom is -0.395 e. The Labute approximate surface area is 79.3 Å². The van der Waals surface area contributed by atoms with Crippen molar-refractivity contribution >= 4 is 34.1 Å². The molecule has 0 aromatic carbocycles. The average molecular weight is 205 g/mol. The Morgan fingerprint density at radius 1 is 1.75 bits per heavy atom. The molecule has 68 valence electrons. The highest BCUT2D eigenvalue weighted by Gasteiger charge is 2.08. The molecule has 1 aromatic rings. The Balaban J connectivity index is 2.70. The van der Waals surface area contributed by atoms with E-state index in [1.807, 2.05) is 6.26 Å². The predicted octanol–water partition coefficient (Wildman–Crippen LogP) is 0.851. The summed E-state index contributed by atoms with van der Waals surface area (Å²) in [7, 11) is 0. The lowest BCUT2D eigenvalue weighted by Crippen LogP contribution is -2.04. The molecular weight excluding hydrogens is 194 g/mol. The van der Waals surface area contributed by atoms with Crippen LogP contribution in [-0.4, -0.2) is 28.9 Å². The van der Waals surface area contributed by atoms with Gasteiger partial charge in [-0.2, -0.15) is 4.37 Å². The molecule has 0 aliphatic rings. The molecule has 0 saturated heterocycles. The molecule has 0 aliphatic carbocycles. The van der Waals surface area contributed by atoms with Crippen LogP contribution in [0.3, 0.4) is 0 Å². The first kappa shape index (κ1) is 9.63. The SMILES string of the molecule is CSc1c(N)nsc1NCCO. The van der Waals surface area contributed by atoms with Gasteiger partial charge >= 0.3 is 0 Å². The summed E-state index contributed by atoms with van der Waals surface area (Å²) in [6.45, 7) is 0.654. The maximum Gasteiger partial charge on any atom is 0.153 e. The molecule has 1 heterocycles. The van der Waals surface area contributed by atoms with Crippen LogP contribution in [0.5, 0.6) is 0 Å². The fraction of sp³-hybridized carbons (Fsp3) is 0.500. The number of nitrogen functional groups attached to an aromatic ring is 1. The van der Waals surface area contributed by atoms with Gasteiger partial charge in [0.1, 0.15) is 5.00 Å². The van der Waals surface area contributed by atoms with E-state index >= 15 is 0 Å². The number of anilines is 2. The number of nitrogens with zero attached hydrogens (tertiary/aromatic N) is 1. The third-order valence-corrected chi connectivity index (χ3v) is 3.05. The van der Waals surface area contributed by atoms with Crippen molar-refractivity contribution in [2.75, 3.05) is 30.5 Å². The zero-order chi connectivity index (χ0) is 8.97. The summed E-state index contributed by atoms with van der Waals surface area (Å²) in [5.74, 6) is 0.563. The molecule has 12 heavy (non-hydrogen) atoms. The minimum atomic E-state index is 0.117. The topological polar surface area (TPSA) is 71.2 Å². The van der Waals surface area contributed by atoms with Gasteiger partial charge in [0.2, 0.25) is 0 Å². The molecule has 0 bridgehead atoms. The van der Waals surface area contributed by atoms with Crippen LogP contribution in [0.2, 0.25) is 0 Å². The molecule has 4 nitrogen and oxygen atoms in total. The van der Waals surface area contributed by atoms with Crippen LogP contribution in [0, 0.1) is 0 Å². The van der Waals surface area contributed by atoms with Crippen LogP contribution in [0.1, 0.15) is 0 Å². The van der Waals surface area contributed by atoms with E-state index in [1.165, 1.54) is 11.5 Å². The van der Waals surface area contributed by atoms with Gasteiger partial charge < -0.3 is 16.2 Å². The third-order valence-electron chi connectivity index (χ3n) is 1.28. The van der Waals surface area contributed by atoms with Crippen molar-refractivity contribution in [2.45, 2.75) is 4.90 Å². The van der Waals surface area contributed by atoms with Gasteiger partial charge in [0.25, 0.3) is 0 Å². The van der Waals surface area contributed by atoms with Gasteiger partial charge in [0.05, 0.1) is 11.5 Å². The Morgan fingerprint density at radius 3 is 3.08 bits per heavy atom. The summed E-state index contributed by atoms with van der Waals surface area (Å²) in [5, 5.41) is 12.6. The number of aromatic nitrogens is 1. The molecule has 6 heteroatoms. The molecule has 0 radical (unpaired) electrons. The second kappa shape index (κ2) is 4.54.